The highest BCUT2D eigenvalue weighted by atomic mass is 15.2. The smallest absolute Gasteiger partial charge is 0.145 e. The summed E-state index contributed by atoms with van der Waals surface area (Å²) in [4.78, 5) is 27.4. The molecular formula is C79H53N7. The zero-order valence-corrected chi connectivity index (χ0v) is 47.3. The van der Waals surface area contributed by atoms with Crippen molar-refractivity contribution in [3.63, 3.8) is 0 Å². The molecule has 16 aromatic rings. The molecule has 1 aliphatic rings. The summed E-state index contributed by atoms with van der Waals surface area (Å²) in [7, 11) is 0. The topological polar surface area (TPSA) is 61.3 Å². The second-order valence-electron chi connectivity index (χ2n) is 23.0. The molecular weight excluding hydrogens is 1050 g/mol. The van der Waals surface area contributed by atoms with Gasteiger partial charge in [-0.1, -0.05) is 159 Å². The minimum absolute atomic E-state index is 0.328. The van der Waals surface area contributed by atoms with Crippen LogP contribution in [0.4, 0.5) is 51.3 Å². The molecule has 0 fully saturated rings. The fourth-order valence-electron chi connectivity index (χ4n) is 13.9. The molecule has 12 aromatic carbocycles. The van der Waals surface area contributed by atoms with Crippen LogP contribution in [-0.2, 0) is 5.41 Å². The molecule has 0 bridgehead atoms. The fraction of sp³-hybridized carbons (Fsp3) is 0.0380. The van der Waals surface area contributed by atoms with Crippen LogP contribution in [0.2, 0.25) is 0 Å². The number of pyridine rings is 4. The minimum Gasteiger partial charge on any atom is -0.310 e. The zero-order chi connectivity index (χ0) is 57.0. The summed E-state index contributed by atoms with van der Waals surface area (Å²) < 4.78 is 0. The summed E-state index contributed by atoms with van der Waals surface area (Å²) in [6.45, 7) is 4.77. The highest BCUT2D eigenvalue weighted by Gasteiger charge is 2.38. The summed E-state index contributed by atoms with van der Waals surface area (Å²) in [6.07, 6.45) is 7.57. The fourth-order valence-corrected chi connectivity index (χ4v) is 13.9. The Morgan fingerprint density at radius 2 is 0.721 bits per heavy atom. The van der Waals surface area contributed by atoms with E-state index in [1.165, 1.54) is 22.3 Å². The lowest BCUT2D eigenvalue weighted by Crippen LogP contribution is -2.18. The lowest BCUT2D eigenvalue weighted by Gasteiger charge is -2.35. The summed E-state index contributed by atoms with van der Waals surface area (Å²) in [5.74, 6) is 0.814. The Kier molecular flexibility index (Phi) is 11.1. The third-order valence-electron chi connectivity index (χ3n) is 17.9. The highest BCUT2D eigenvalue weighted by Crippen LogP contribution is 2.58. The van der Waals surface area contributed by atoms with E-state index >= 15 is 0 Å². The second-order valence-corrected chi connectivity index (χ2v) is 23.0. The molecule has 404 valence electrons. The lowest BCUT2D eigenvalue weighted by molar-refractivity contribution is 0.661. The Bertz CT molecular complexity index is 5440. The monoisotopic (exact) mass is 1100 g/mol. The predicted octanol–water partition coefficient (Wildman–Crippen LogP) is 21.2. The van der Waals surface area contributed by atoms with Crippen LogP contribution >= 0.6 is 0 Å². The van der Waals surface area contributed by atoms with E-state index in [4.69, 9.17) is 19.9 Å². The van der Waals surface area contributed by atoms with Crippen LogP contribution in [-0.4, -0.2) is 19.9 Å². The average molecular weight is 1100 g/mol. The van der Waals surface area contributed by atoms with Crippen LogP contribution in [0.25, 0.3) is 97.7 Å². The molecule has 0 radical (unpaired) electrons. The second kappa shape index (κ2) is 19.4. The van der Waals surface area contributed by atoms with Gasteiger partial charge in [0, 0.05) is 107 Å². The molecule has 0 N–H and O–H groups in total. The molecule has 1 aliphatic carbocycles. The van der Waals surface area contributed by atoms with Crippen LogP contribution in [0.3, 0.4) is 0 Å². The SMILES string of the molecule is CC1(C)c2ccccc2-c2cc3c(N(c4ccc5ncccc5c4)c4nccc5ccccc45)c4cc(N(c5ccc6ncccc6c5)c5cccc6ccccc56)ccc4c(N(c4ccc5ncccc5c4)c4cccc5ccccc45)c3cc21. The number of hydrogen-bond donors (Lipinski definition) is 0. The Morgan fingerprint density at radius 1 is 0.267 bits per heavy atom. The highest BCUT2D eigenvalue weighted by molar-refractivity contribution is 6.26. The first-order chi connectivity index (χ1) is 42.4. The number of benzene rings is 12. The van der Waals surface area contributed by atoms with Crippen LogP contribution in [0, 0.1) is 0 Å². The molecule has 7 nitrogen and oxygen atoms in total. The number of aromatic nitrogens is 4. The average Bonchev–Trinajstić information content (AvgIpc) is 1.39. The first-order valence-corrected chi connectivity index (χ1v) is 29.3. The van der Waals surface area contributed by atoms with Crippen molar-refractivity contribution in [3.05, 3.63) is 297 Å². The van der Waals surface area contributed by atoms with Crippen molar-refractivity contribution in [2.45, 2.75) is 19.3 Å². The van der Waals surface area contributed by atoms with E-state index in [0.717, 1.165) is 138 Å². The lowest BCUT2D eigenvalue weighted by atomic mass is 9.81. The van der Waals surface area contributed by atoms with E-state index in [2.05, 4.69) is 271 Å². The normalized spacial score (nSPS) is 12.6. The van der Waals surface area contributed by atoms with Gasteiger partial charge in [-0.25, -0.2) is 4.98 Å². The van der Waals surface area contributed by atoms with Crippen LogP contribution in [0.1, 0.15) is 25.0 Å². The van der Waals surface area contributed by atoms with Crippen LogP contribution < -0.4 is 14.7 Å². The van der Waals surface area contributed by atoms with E-state index in [-0.39, 0.29) is 5.41 Å². The number of nitrogens with zero attached hydrogens (tertiary/aromatic N) is 7. The van der Waals surface area contributed by atoms with E-state index in [1.54, 1.807) is 0 Å². The van der Waals surface area contributed by atoms with E-state index in [0.29, 0.717) is 0 Å². The molecule has 0 amide bonds. The standard InChI is InChI=1S/C79H53N7/c1-79(2)69-28-10-9-27-63(69)65-48-67-68(49-70(65)79)76(85(57-33-37-72-54(45-57)22-14-41-81-72)75-30-12-20-51-17-4-7-25-61(51)75)64-35-31-59(84(56-32-36-71-53(44-56)21-13-40-80-71)74-29-11-19-50-16-3-6-24-60(50)74)47-66(64)77(67)86(58-34-38-73-55(46-58)23-15-42-82-73)78-62-26-8-5-18-52(62)39-43-83-78/h3-49H,1-2H3. The molecule has 4 heterocycles. The first-order valence-electron chi connectivity index (χ1n) is 29.3. The van der Waals surface area contributed by atoms with Crippen molar-refractivity contribution < 1.29 is 0 Å². The molecule has 0 atom stereocenters. The van der Waals surface area contributed by atoms with Gasteiger partial charge in [-0.2, -0.15) is 0 Å². The van der Waals surface area contributed by atoms with Gasteiger partial charge < -0.3 is 9.80 Å². The molecule has 0 saturated carbocycles. The molecule has 0 unspecified atom stereocenters. The van der Waals surface area contributed by atoms with Gasteiger partial charge in [-0.15, -0.1) is 0 Å². The third-order valence-corrected chi connectivity index (χ3v) is 17.9. The Labute approximate surface area is 497 Å². The number of hydrogen-bond acceptors (Lipinski definition) is 7. The summed E-state index contributed by atoms with van der Waals surface area (Å²) in [6, 6.07) is 95.3. The summed E-state index contributed by atoms with van der Waals surface area (Å²) >= 11 is 0. The van der Waals surface area contributed by atoms with E-state index < -0.39 is 0 Å². The maximum absolute atomic E-state index is 5.49. The van der Waals surface area contributed by atoms with Gasteiger partial charge >= 0.3 is 0 Å². The quantitative estimate of drug-likeness (QED) is 0.105. The molecule has 4 aromatic heterocycles. The van der Waals surface area contributed by atoms with Crippen molar-refractivity contribution in [2.24, 2.45) is 0 Å². The van der Waals surface area contributed by atoms with Crippen molar-refractivity contribution in [1.82, 2.24) is 19.9 Å². The largest absolute Gasteiger partial charge is 0.310 e. The van der Waals surface area contributed by atoms with Gasteiger partial charge in [0.1, 0.15) is 5.82 Å². The van der Waals surface area contributed by atoms with Crippen molar-refractivity contribution >= 4 is 138 Å². The summed E-state index contributed by atoms with van der Waals surface area (Å²) in [5.41, 5.74) is 15.6. The maximum atomic E-state index is 5.49. The minimum atomic E-state index is -0.328. The van der Waals surface area contributed by atoms with Crippen LogP contribution in [0.5, 0.6) is 0 Å². The zero-order valence-electron chi connectivity index (χ0n) is 47.3. The first kappa shape index (κ1) is 49.3. The molecule has 86 heavy (non-hydrogen) atoms. The third kappa shape index (κ3) is 7.75. The molecule has 0 aliphatic heterocycles. The van der Waals surface area contributed by atoms with Gasteiger partial charge in [-0.3, -0.25) is 19.9 Å². The van der Waals surface area contributed by atoms with Gasteiger partial charge in [-0.05, 0) is 154 Å². The van der Waals surface area contributed by atoms with Crippen LogP contribution in [0.15, 0.2) is 286 Å². The number of anilines is 9. The molecule has 17 rings (SSSR count). The number of fused-ring (bicyclic) bond motifs is 11. The predicted molar refractivity (Wildman–Crippen MR) is 359 cm³/mol. The Balaban J connectivity index is 1.09. The van der Waals surface area contributed by atoms with Gasteiger partial charge in [0.2, 0.25) is 0 Å². The number of rotatable bonds is 9. The molecule has 0 spiro atoms. The van der Waals surface area contributed by atoms with Gasteiger partial charge in [0.25, 0.3) is 0 Å². The Hall–Kier alpha value is -11.3. The van der Waals surface area contributed by atoms with Gasteiger partial charge in [0.05, 0.1) is 39.3 Å². The van der Waals surface area contributed by atoms with Crippen molar-refractivity contribution in [2.75, 3.05) is 14.7 Å². The molecule has 7 heteroatoms. The van der Waals surface area contributed by atoms with Crippen molar-refractivity contribution in [3.8, 4) is 11.1 Å². The van der Waals surface area contributed by atoms with E-state index in [9.17, 15) is 0 Å². The van der Waals surface area contributed by atoms with E-state index in [1.807, 2.05) is 43.0 Å². The van der Waals surface area contributed by atoms with Gasteiger partial charge in [0.15, 0.2) is 0 Å². The van der Waals surface area contributed by atoms with Crippen molar-refractivity contribution in [1.29, 1.82) is 0 Å². The summed E-state index contributed by atoms with van der Waals surface area (Å²) in [5, 5.41) is 14.1. The maximum Gasteiger partial charge on any atom is 0.145 e. The Morgan fingerprint density at radius 3 is 1.35 bits per heavy atom. The molecule has 0 saturated heterocycles.